The van der Waals surface area contributed by atoms with Crippen LogP contribution in [0, 0.1) is 0 Å². The highest BCUT2D eigenvalue weighted by molar-refractivity contribution is 5.85. The van der Waals surface area contributed by atoms with E-state index in [1.807, 2.05) is 0 Å². The molecule has 0 saturated carbocycles. The summed E-state index contributed by atoms with van der Waals surface area (Å²) in [7, 11) is 0. The van der Waals surface area contributed by atoms with E-state index in [4.69, 9.17) is 5.73 Å². The van der Waals surface area contributed by atoms with Crippen molar-refractivity contribution in [2.75, 3.05) is 0 Å². The molecular weight excluding hydrogens is 204 g/mol. The molecule has 0 spiro atoms. The number of amides is 2. The van der Waals surface area contributed by atoms with Gasteiger partial charge in [0.25, 0.3) is 0 Å². The van der Waals surface area contributed by atoms with Gasteiger partial charge in [0, 0.05) is 18.0 Å². The molecule has 2 amide bonds. The quantitative estimate of drug-likeness (QED) is 0.690. The first-order chi connectivity index (χ1) is 6.27. The molecule has 0 unspecified atom stereocenters. The highest BCUT2D eigenvalue weighted by atomic mass is 35.5. The van der Waals surface area contributed by atoms with Crippen LogP contribution in [0.3, 0.4) is 0 Å². The summed E-state index contributed by atoms with van der Waals surface area (Å²) >= 11 is 0. The third-order valence-electron chi connectivity index (χ3n) is 1.86. The van der Waals surface area contributed by atoms with E-state index in [2.05, 4.69) is 9.97 Å². The molecule has 6 heteroatoms. The second kappa shape index (κ2) is 4.06. The Balaban J connectivity index is 0.000000980. The van der Waals surface area contributed by atoms with E-state index in [0.717, 1.165) is 11.3 Å². The fourth-order valence-corrected chi connectivity index (χ4v) is 1.17. The van der Waals surface area contributed by atoms with Crippen LogP contribution < -0.4 is 5.73 Å². The van der Waals surface area contributed by atoms with E-state index in [1.54, 1.807) is 18.5 Å². The zero-order valence-electron chi connectivity index (χ0n) is 7.25. The molecule has 0 radical (unpaired) electrons. The van der Waals surface area contributed by atoms with E-state index in [1.165, 1.54) is 11.2 Å². The standard InChI is InChI=1S/C8H8N4O.ClH/c9-8(13)12-2-1-6-3-10-5-11-7(6)4-12;/h1-3,5H,4H2,(H2,9,13);1H. The van der Waals surface area contributed by atoms with Gasteiger partial charge in [0.05, 0.1) is 12.2 Å². The monoisotopic (exact) mass is 212 g/mol. The maximum atomic E-state index is 10.8. The molecule has 2 N–H and O–H groups in total. The Morgan fingerprint density at radius 2 is 2.36 bits per heavy atom. The van der Waals surface area contributed by atoms with Crippen molar-refractivity contribution in [2.45, 2.75) is 6.54 Å². The van der Waals surface area contributed by atoms with E-state index in [9.17, 15) is 4.79 Å². The lowest BCUT2D eigenvalue weighted by molar-refractivity contribution is 0.222. The Kier molecular flexibility index (Phi) is 3.03. The first-order valence-corrected chi connectivity index (χ1v) is 3.80. The number of urea groups is 1. The van der Waals surface area contributed by atoms with Gasteiger partial charge in [-0.2, -0.15) is 0 Å². The van der Waals surface area contributed by atoms with Crippen molar-refractivity contribution >= 4 is 24.5 Å². The molecule has 1 aliphatic rings. The molecule has 5 nitrogen and oxygen atoms in total. The molecular formula is C8H9ClN4O. The molecule has 1 aliphatic heterocycles. The van der Waals surface area contributed by atoms with Gasteiger partial charge in [-0.05, 0) is 6.08 Å². The molecule has 0 fully saturated rings. The van der Waals surface area contributed by atoms with Crippen molar-refractivity contribution in [2.24, 2.45) is 5.73 Å². The summed E-state index contributed by atoms with van der Waals surface area (Å²) in [5.74, 6) is 0. The Labute approximate surface area is 87.0 Å². The number of halogens is 1. The first kappa shape index (κ1) is 10.5. The molecule has 0 atom stereocenters. The molecule has 0 aliphatic carbocycles. The largest absolute Gasteiger partial charge is 0.351 e. The van der Waals surface area contributed by atoms with Crippen LogP contribution in [0.1, 0.15) is 11.3 Å². The molecule has 2 rings (SSSR count). The lowest BCUT2D eigenvalue weighted by atomic mass is 10.2. The Hall–Kier alpha value is -1.62. The predicted molar refractivity (Wildman–Crippen MR) is 53.4 cm³/mol. The van der Waals surface area contributed by atoms with Gasteiger partial charge in [-0.15, -0.1) is 12.4 Å². The number of nitrogens with two attached hydrogens (primary N) is 1. The van der Waals surface area contributed by atoms with Crippen molar-refractivity contribution in [3.63, 3.8) is 0 Å². The number of carbonyl (C=O) groups is 1. The summed E-state index contributed by atoms with van der Waals surface area (Å²) in [6.45, 7) is 0.420. The molecule has 0 bridgehead atoms. The summed E-state index contributed by atoms with van der Waals surface area (Å²) in [6.07, 6.45) is 6.56. The van der Waals surface area contributed by atoms with Gasteiger partial charge in [0.1, 0.15) is 6.33 Å². The Bertz CT molecular complexity index is 379. The SMILES string of the molecule is Cl.NC(=O)N1C=Cc2cncnc2C1. The first-order valence-electron chi connectivity index (χ1n) is 3.80. The number of fused-ring (bicyclic) bond motifs is 1. The van der Waals surface area contributed by atoms with Crippen molar-refractivity contribution < 1.29 is 4.79 Å². The van der Waals surface area contributed by atoms with Crippen molar-refractivity contribution in [1.82, 2.24) is 14.9 Å². The van der Waals surface area contributed by atoms with E-state index in [-0.39, 0.29) is 12.4 Å². The van der Waals surface area contributed by atoms with Gasteiger partial charge < -0.3 is 5.73 Å². The topological polar surface area (TPSA) is 72.1 Å². The van der Waals surface area contributed by atoms with Crippen LogP contribution in [0.4, 0.5) is 4.79 Å². The predicted octanol–water partition coefficient (Wildman–Crippen LogP) is 0.763. The molecule has 0 saturated heterocycles. The minimum absolute atomic E-state index is 0. The third-order valence-corrected chi connectivity index (χ3v) is 1.86. The molecule has 2 heterocycles. The third kappa shape index (κ3) is 1.82. The number of hydrogen-bond donors (Lipinski definition) is 1. The van der Waals surface area contributed by atoms with Gasteiger partial charge in [0.15, 0.2) is 0 Å². The van der Waals surface area contributed by atoms with Crippen molar-refractivity contribution in [3.8, 4) is 0 Å². The van der Waals surface area contributed by atoms with Crippen LogP contribution in [0.25, 0.3) is 6.08 Å². The summed E-state index contributed by atoms with van der Waals surface area (Å²) in [6, 6.07) is -0.472. The minimum atomic E-state index is -0.472. The summed E-state index contributed by atoms with van der Waals surface area (Å²) < 4.78 is 0. The highest BCUT2D eigenvalue weighted by Crippen LogP contribution is 2.15. The number of carbonyl (C=O) groups excluding carboxylic acids is 1. The number of hydrogen-bond acceptors (Lipinski definition) is 3. The molecule has 0 aromatic carbocycles. The number of primary amides is 1. The average molecular weight is 213 g/mol. The maximum absolute atomic E-state index is 10.8. The smallest absolute Gasteiger partial charge is 0.319 e. The molecule has 74 valence electrons. The number of rotatable bonds is 0. The Morgan fingerprint density at radius 3 is 3.07 bits per heavy atom. The summed E-state index contributed by atoms with van der Waals surface area (Å²) in [5.41, 5.74) is 6.86. The van der Waals surface area contributed by atoms with Crippen LogP contribution in [0.2, 0.25) is 0 Å². The van der Waals surface area contributed by atoms with Crippen LogP contribution in [0.5, 0.6) is 0 Å². The zero-order valence-corrected chi connectivity index (χ0v) is 8.07. The Morgan fingerprint density at radius 1 is 1.57 bits per heavy atom. The van der Waals surface area contributed by atoms with Gasteiger partial charge in [-0.3, -0.25) is 4.90 Å². The van der Waals surface area contributed by atoms with Crippen molar-refractivity contribution in [3.05, 3.63) is 30.0 Å². The van der Waals surface area contributed by atoms with Crippen molar-refractivity contribution in [1.29, 1.82) is 0 Å². The van der Waals surface area contributed by atoms with Gasteiger partial charge in [-0.1, -0.05) is 0 Å². The molecule has 14 heavy (non-hydrogen) atoms. The average Bonchev–Trinajstić information content (AvgIpc) is 2.17. The second-order valence-corrected chi connectivity index (χ2v) is 2.71. The summed E-state index contributed by atoms with van der Waals surface area (Å²) in [4.78, 5) is 20.1. The molecule has 1 aromatic heterocycles. The molecule has 1 aromatic rings. The fraction of sp³-hybridized carbons (Fsp3) is 0.125. The van der Waals surface area contributed by atoms with Crippen LogP contribution >= 0.6 is 12.4 Å². The lowest BCUT2D eigenvalue weighted by Gasteiger charge is -2.19. The van der Waals surface area contributed by atoms with E-state index >= 15 is 0 Å². The van der Waals surface area contributed by atoms with E-state index in [0.29, 0.717) is 6.54 Å². The number of nitrogens with zero attached hydrogens (tertiary/aromatic N) is 3. The van der Waals surface area contributed by atoms with Gasteiger partial charge in [-0.25, -0.2) is 14.8 Å². The van der Waals surface area contributed by atoms with Gasteiger partial charge >= 0.3 is 6.03 Å². The van der Waals surface area contributed by atoms with Gasteiger partial charge in [0.2, 0.25) is 0 Å². The van der Waals surface area contributed by atoms with Crippen LogP contribution in [0.15, 0.2) is 18.7 Å². The van der Waals surface area contributed by atoms with E-state index < -0.39 is 6.03 Å². The second-order valence-electron chi connectivity index (χ2n) is 2.71. The lowest BCUT2D eigenvalue weighted by Crippen LogP contribution is -2.32. The highest BCUT2D eigenvalue weighted by Gasteiger charge is 2.14. The van der Waals surface area contributed by atoms with Crippen LogP contribution in [-0.4, -0.2) is 20.9 Å². The minimum Gasteiger partial charge on any atom is -0.351 e. The normalized spacial score (nSPS) is 13.0. The fourth-order valence-electron chi connectivity index (χ4n) is 1.17. The van der Waals surface area contributed by atoms with Crippen LogP contribution in [-0.2, 0) is 6.54 Å². The maximum Gasteiger partial charge on any atom is 0.319 e. The summed E-state index contributed by atoms with van der Waals surface area (Å²) in [5, 5.41) is 0. The zero-order chi connectivity index (χ0) is 9.26. The number of aromatic nitrogens is 2.